The van der Waals surface area contributed by atoms with Gasteiger partial charge in [-0.25, -0.2) is 0 Å². The van der Waals surface area contributed by atoms with Gasteiger partial charge >= 0.3 is 0 Å². The molecular formula is C26H35ClN4. The summed E-state index contributed by atoms with van der Waals surface area (Å²) < 4.78 is 0. The van der Waals surface area contributed by atoms with Gasteiger partial charge in [0, 0.05) is 29.9 Å². The first-order chi connectivity index (χ1) is 15.1. The molecule has 0 aromatic rings. The molecule has 4 rings (SSSR count). The summed E-state index contributed by atoms with van der Waals surface area (Å²) in [4.78, 5) is 4.86. The third-order valence-corrected chi connectivity index (χ3v) is 7.02. The molecule has 2 aliphatic carbocycles. The molecule has 4 aliphatic rings. The van der Waals surface area contributed by atoms with E-state index in [4.69, 9.17) is 11.6 Å². The Morgan fingerprint density at radius 2 is 2.00 bits per heavy atom. The van der Waals surface area contributed by atoms with Crippen molar-refractivity contribution in [1.82, 2.24) is 20.4 Å². The third kappa shape index (κ3) is 5.86. The van der Waals surface area contributed by atoms with Crippen LogP contribution in [0.4, 0.5) is 0 Å². The zero-order valence-electron chi connectivity index (χ0n) is 18.9. The van der Waals surface area contributed by atoms with Crippen LogP contribution in [0.5, 0.6) is 0 Å². The first-order valence-corrected chi connectivity index (χ1v) is 12.1. The molecule has 1 atom stereocenters. The van der Waals surface area contributed by atoms with E-state index in [9.17, 15) is 0 Å². The molecule has 0 saturated carbocycles. The topological polar surface area (TPSA) is 30.5 Å². The maximum absolute atomic E-state index is 6.03. The summed E-state index contributed by atoms with van der Waals surface area (Å²) in [5, 5.41) is 8.13. The largest absolute Gasteiger partial charge is 0.377 e. The van der Waals surface area contributed by atoms with Crippen molar-refractivity contribution in [3.05, 3.63) is 58.0 Å². The van der Waals surface area contributed by atoms with E-state index < -0.39 is 0 Å². The molecule has 2 heterocycles. The summed E-state index contributed by atoms with van der Waals surface area (Å²) in [6, 6.07) is 1.10. The minimum Gasteiger partial charge on any atom is -0.377 e. The molecule has 0 aromatic carbocycles. The van der Waals surface area contributed by atoms with Crippen LogP contribution in [-0.4, -0.2) is 61.7 Å². The number of nitrogens with one attached hydrogen (secondary N) is 2. The minimum absolute atomic E-state index is 0.447. The van der Waals surface area contributed by atoms with Crippen LogP contribution in [0.25, 0.3) is 0 Å². The van der Waals surface area contributed by atoms with E-state index >= 15 is 0 Å². The number of hydrogen-bond acceptors (Lipinski definition) is 4. The Labute approximate surface area is 192 Å². The lowest BCUT2D eigenvalue weighted by Gasteiger charge is -2.31. The van der Waals surface area contributed by atoms with Crippen molar-refractivity contribution < 1.29 is 0 Å². The van der Waals surface area contributed by atoms with Crippen molar-refractivity contribution in [3.8, 4) is 11.8 Å². The summed E-state index contributed by atoms with van der Waals surface area (Å²) in [5.74, 6) is 6.73. The summed E-state index contributed by atoms with van der Waals surface area (Å²) in [6.07, 6.45) is 16.6. The molecule has 0 aromatic heterocycles. The van der Waals surface area contributed by atoms with Crippen LogP contribution in [-0.2, 0) is 0 Å². The maximum atomic E-state index is 6.03. The van der Waals surface area contributed by atoms with Crippen LogP contribution in [0.1, 0.15) is 39.0 Å². The molecule has 4 nitrogen and oxygen atoms in total. The predicted octanol–water partition coefficient (Wildman–Crippen LogP) is 3.91. The summed E-state index contributed by atoms with van der Waals surface area (Å²) in [5.41, 5.74) is 5.20. The van der Waals surface area contributed by atoms with Gasteiger partial charge in [-0.3, -0.25) is 0 Å². The summed E-state index contributed by atoms with van der Waals surface area (Å²) >= 11 is 6.03. The highest BCUT2D eigenvalue weighted by Gasteiger charge is 2.29. The summed E-state index contributed by atoms with van der Waals surface area (Å²) in [7, 11) is 2.22. The lowest BCUT2D eigenvalue weighted by Crippen LogP contribution is -2.41. The lowest BCUT2D eigenvalue weighted by atomic mass is 9.95. The Morgan fingerprint density at radius 1 is 1.16 bits per heavy atom. The Morgan fingerprint density at radius 3 is 2.74 bits per heavy atom. The van der Waals surface area contributed by atoms with Gasteiger partial charge < -0.3 is 20.4 Å². The van der Waals surface area contributed by atoms with Crippen LogP contribution < -0.4 is 10.6 Å². The van der Waals surface area contributed by atoms with Crippen molar-refractivity contribution in [2.75, 3.05) is 39.8 Å². The van der Waals surface area contributed by atoms with Gasteiger partial charge in [-0.05, 0) is 94.5 Å². The highest BCUT2D eigenvalue weighted by molar-refractivity contribution is 6.29. The quantitative estimate of drug-likeness (QED) is 0.615. The average Bonchev–Trinajstić information content (AvgIpc) is 3.14. The molecule has 1 saturated heterocycles. The van der Waals surface area contributed by atoms with Crippen molar-refractivity contribution in [1.29, 1.82) is 0 Å². The first-order valence-electron chi connectivity index (χ1n) is 11.7. The second-order valence-electron chi connectivity index (χ2n) is 8.91. The van der Waals surface area contributed by atoms with Gasteiger partial charge in [0.1, 0.15) is 0 Å². The first kappa shape index (κ1) is 22.3. The van der Waals surface area contributed by atoms with Crippen molar-refractivity contribution in [2.24, 2.45) is 0 Å². The molecule has 0 bridgehead atoms. The van der Waals surface area contributed by atoms with Crippen LogP contribution in [0, 0.1) is 11.8 Å². The number of rotatable bonds is 6. The normalized spacial score (nSPS) is 24.3. The minimum atomic E-state index is 0.447. The van der Waals surface area contributed by atoms with E-state index in [0.29, 0.717) is 18.6 Å². The van der Waals surface area contributed by atoms with E-state index in [2.05, 4.69) is 70.5 Å². The zero-order valence-corrected chi connectivity index (χ0v) is 19.6. The van der Waals surface area contributed by atoms with Crippen molar-refractivity contribution in [3.63, 3.8) is 0 Å². The van der Waals surface area contributed by atoms with Crippen LogP contribution in [0.2, 0.25) is 0 Å². The molecule has 2 N–H and O–H groups in total. The molecule has 0 radical (unpaired) electrons. The standard InChI is InChI=1S/C26H35ClN4/c1-3-31-25(5-4-14-28-23-9-7-22(27)8-10-23)18-21-17-20(6-11-26(21)31)19-29-24-12-15-30(2)16-13-24/h6-7,9,17-18,24,26,28-29H,3,8,10-16,19H2,1-2H3. The Hall–Kier alpha value is -1.93. The van der Waals surface area contributed by atoms with Gasteiger partial charge in [-0.2, -0.15) is 0 Å². The molecule has 0 spiro atoms. The number of fused-ring (bicyclic) bond motifs is 1. The number of likely N-dealkylation sites (N-methyl/N-ethyl adjacent to an activating group) is 1. The number of allylic oxidation sites excluding steroid dienone is 5. The fourth-order valence-corrected chi connectivity index (χ4v) is 4.93. The van der Waals surface area contributed by atoms with Gasteiger partial charge in [0.2, 0.25) is 0 Å². The Kier molecular flexibility index (Phi) is 7.61. The van der Waals surface area contributed by atoms with E-state index in [0.717, 1.165) is 43.1 Å². The van der Waals surface area contributed by atoms with Gasteiger partial charge in [0.25, 0.3) is 0 Å². The highest BCUT2D eigenvalue weighted by atomic mass is 35.5. The van der Waals surface area contributed by atoms with Gasteiger partial charge in [-0.1, -0.05) is 29.7 Å². The Bertz CT molecular complexity index is 875. The SMILES string of the molecule is CCN1C(C#CCNC2=CC=C(Cl)CC2)=CC2=CC(CNC3CCN(C)CC3)=CCC21. The number of halogens is 1. The second-order valence-corrected chi connectivity index (χ2v) is 9.40. The average molecular weight is 439 g/mol. The molecule has 1 fully saturated rings. The molecule has 5 heteroatoms. The smallest absolute Gasteiger partial charge is 0.0888 e. The van der Waals surface area contributed by atoms with Crippen LogP contribution in [0.15, 0.2) is 58.0 Å². The fourth-order valence-electron chi connectivity index (χ4n) is 4.77. The monoisotopic (exact) mass is 438 g/mol. The molecule has 0 amide bonds. The van der Waals surface area contributed by atoms with E-state index in [1.54, 1.807) is 0 Å². The zero-order chi connectivity index (χ0) is 21.6. The van der Waals surface area contributed by atoms with Gasteiger partial charge in [-0.15, -0.1) is 0 Å². The molecule has 2 aliphatic heterocycles. The van der Waals surface area contributed by atoms with E-state index in [1.165, 1.54) is 42.8 Å². The summed E-state index contributed by atoms with van der Waals surface area (Å²) in [6.45, 7) is 7.25. The van der Waals surface area contributed by atoms with Crippen molar-refractivity contribution >= 4 is 11.6 Å². The van der Waals surface area contributed by atoms with Crippen LogP contribution >= 0.6 is 11.6 Å². The number of piperidine rings is 1. The third-order valence-electron chi connectivity index (χ3n) is 6.70. The maximum Gasteiger partial charge on any atom is 0.0888 e. The predicted molar refractivity (Wildman–Crippen MR) is 131 cm³/mol. The molecule has 166 valence electrons. The van der Waals surface area contributed by atoms with Crippen molar-refractivity contribution in [2.45, 2.75) is 51.1 Å². The molecular weight excluding hydrogens is 404 g/mol. The highest BCUT2D eigenvalue weighted by Crippen LogP contribution is 2.32. The van der Waals surface area contributed by atoms with E-state index in [1.807, 2.05) is 6.08 Å². The Balaban J connectivity index is 1.32. The fraction of sp³-hybridized carbons (Fsp3) is 0.538. The van der Waals surface area contributed by atoms with Gasteiger partial charge in [0.05, 0.1) is 18.3 Å². The molecule has 31 heavy (non-hydrogen) atoms. The van der Waals surface area contributed by atoms with Crippen LogP contribution in [0.3, 0.4) is 0 Å². The number of likely N-dealkylation sites (tertiary alicyclic amines) is 1. The lowest BCUT2D eigenvalue weighted by molar-refractivity contribution is 0.237. The van der Waals surface area contributed by atoms with E-state index in [-0.39, 0.29) is 0 Å². The van der Waals surface area contributed by atoms with Gasteiger partial charge in [0.15, 0.2) is 0 Å². The number of hydrogen-bond donors (Lipinski definition) is 2. The number of nitrogens with zero attached hydrogens (tertiary/aromatic N) is 2. The molecule has 1 unspecified atom stereocenters. The second kappa shape index (κ2) is 10.6.